The van der Waals surface area contributed by atoms with Crippen LogP contribution in [-0.2, 0) is 4.79 Å². The van der Waals surface area contributed by atoms with Crippen molar-refractivity contribution in [3.63, 3.8) is 0 Å². The van der Waals surface area contributed by atoms with Crippen LogP contribution in [0.4, 0.5) is 0 Å². The van der Waals surface area contributed by atoms with Crippen molar-refractivity contribution in [2.45, 2.75) is 69.9 Å². The van der Waals surface area contributed by atoms with Gasteiger partial charge in [-0.25, -0.2) is 0 Å². The number of hydrogen-bond donors (Lipinski definition) is 3. The molecule has 0 radical (unpaired) electrons. The molecule has 6 nitrogen and oxygen atoms in total. The van der Waals surface area contributed by atoms with E-state index in [9.17, 15) is 9.90 Å². The number of aliphatic hydroxyl groups is 1. The second-order valence-corrected chi connectivity index (χ2v) is 9.48. The van der Waals surface area contributed by atoms with Crippen LogP contribution in [0.2, 0.25) is 0 Å². The lowest BCUT2D eigenvalue weighted by molar-refractivity contribution is -0.136. The number of guanidine groups is 1. The fourth-order valence-corrected chi connectivity index (χ4v) is 5.36. The lowest BCUT2D eigenvalue weighted by Gasteiger charge is -2.34. The Balaban J connectivity index is 0.00000280. The lowest BCUT2D eigenvalue weighted by Crippen LogP contribution is -2.47. The van der Waals surface area contributed by atoms with Crippen LogP contribution in [-0.4, -0.2) is 71.2 Å². The average molecular weight is 525 g/mol. The van der Waals surface area contributed by atoms with Crippen LogP contribution < -0.4 is 10.6 Å². The summed E-state index contributed by atoms with van der Waals surface area (Å²) >= 11 is 1.95. The fourth-order valence-electron chi connectivity index (χ4n) is 4.46. The maximum Gasteiger partial charge on any atom is 0.225 e. The standard InChI is InChI=1S/C20H36N4O2S.HI/c1-2-21-19(22-15-20(26)9-3-4-10-20)23-17-7-5-16(6-8-17)18(25)24-11-13-27-14-12-24;/h16-17,26H,2-15H2,1H3,(H2,21,22,23);1H. The summed E-state index contributed by atoms with van der Waals surface area (Å²) in [6.07, 6.45) is 7.86. The summed E-state index contributed by atoms with van der Waals surface area (Å²) in [7, 11) is 0. The van der Waals surface area contributed by atoms with Crippen molar-refractivity contribution >= 4 is 47.6 Å². The monoisotopic (exact) mass is 524 g/mol. The Kier molecular flexibility index (Phi) is 10.2. The smallest absolute Gasteiger partial charge is 0.225 e. The largest absolute Gasteiger partial charge is 0.388 e. The van der Waals surface area contributed by atoms with Crippen LogP contribution >= 0.6 is 35.7 Å². The quantitative estimate of drug-likeness (QED) is 0.293. The Hall–Kier alpha value is -0.220. The van der Waals surface area contributed by atoms with Gasteiger partial charge in [-0.1, -0.05) is 12.8 Å². The molecule has 1 heterocycles. The molecule has 3 aliphatic rings. The van der Waals surface area contributed by atoms with Crippen molar-refractivity contribution in [3.8, 4) is 0 Å². The molecule has 0 spiro atoms. The van der Waals surface area contributed by atoms with E-state index in [1.165, 1.54) is 0 Å². The molecule has 2 aliphatic carbocycles. The highest BCUT2D eigenvalue weighted by molar-refractivity contribution is 14.0. The molecule has 0 unspecified atom stereocenters. The molecule has 0 aromatic carbocycles. The summed E-state index contributed by atoms with van der Waals surface area (Å²) < 4.78 is 0. The molecule has 0 bridgehead atoms. The van der Waals surface area contributed by atoms with Crippen molar-refractivity contribution in [1.82, 2.24) is 15.5 Å². The van der Waals surface area contributed by atoms with Crippen molar-refractivity contribution in [2.24, 2.45) is 10.9 Å². The normalized spacial score (nSPS) is 27.8. The van der Waals surface area contributed by atoms with Gasteiger partial charge < -0.3 is 20.6 Å². The summed E-state index contributed by atoms with van der Waals surface area (Å²) in [6.45, 7) is 5.19. The summed E-state index contributed by atoms with van der Waals surface area (Å²) in [5.74, 6) is 3.54. The number of nitrogens with one attached hydrogen (secondary N) is 2. The maximum atomic E-state index is 12.7. The van der Waals surface area contributed by atoms with Gasteiger partial charge in [0.05, 0.1) is 12.1 Å². The number of rotatable bonds is 5. The predicted molar refractivity (Wildman–Crippen MR) is 128 cm³/mol. The van der Waals surface area contributed by atoms with E-state index < -0.39 is 5.60 Å². The van der Waals surface area contributed by atoms with Crippen LogP contribution in [0.25, 0.3) is 0 Å². The molecule has 1 saturated heterocycles. The van der Waals surface area contributed by atoms with Crippen molar-refractivity contribution in [2.75, 3.05) is 37.7 Å². The van der Waals surface area contributed by atoms with Crippen LogP contribution in [0.15, 0.2) is 4.99 Å². The highest BCUT2D eigenvalue weighted by Crippen LogP contribution is 2.30. The van der Waals surface area contributed by atoms with Gasteiger partial charge in [0.1, 0.15) is 0 Å². The number of hydrogen-bond acceptors (Lipinski definition) is 4. The van der Waals surface area contributed by atoms with Gasteiger partial charge in [0.2, 0.25) is 5.91 Å². The maximum absolute atomic E-state index is 12.7. The van der Waals surface area contributed by atoms with E-state index in [1.807, 2.05) is 11.8 Å². The lowest BCUT2D eigenvalue weighted by atomic mass is 9.85. The number of halogens is 1. The molecule has 3 N–H and O–H groups in total. The molecule has 0 aromatic rings. The molecule has 1 aliphatic heterocycles. The van der Waals surface area contributed by atoms with Gasteiger partial charge in [-0.3, -0.25) is 9.79 Å². The van der Waals surface area contributed by atoms with E-state index >= 15 is 0 Å². The molecule has 162 valence electrons. The van der Waals surface area contributed by atoms with Crippen LogP contribution in [0, 0.1) is 5.92 Å². The highest BCUT2D eigenvalue weighted by atomic mass is 127. The zero-order chi connectivity index (χ0) is 19.1. The molecule has 1 amide bonds. The Labute approximate surface area is 191 Å². The summed E-state index contributed by atoms with van der Waals surface area (Å²) in [4.78, 5) is 19.4. The molecule has 0 atom stereocenters. The number of carbonyl (C=O) groups excluding carboxylic acids is 1. The van der Waals surface area contributed by atoms with Gasteiger partial charge >= 0.3 is 0 Å². The molecular formula is C20H37IN4O2S. The second kappa shape index (κ2) is 11.8. The molecule has 8 heteroatoms. The Morgan fingerprint density at radius 2 is 1.82 bits per heavy atom. The average Bonchev–Trinajstić information content (AvgIpc) is 3.14. The third kappa shape index (κ3) is 6.93. The number of nitrogens with zero attached hydrogens (tertiary/aromatic N) is 2. The first-order valence-corrected chi connectivity index (χ1v) is 11.9. The SMILES string of the molecule is CCNC(=NCC1(O)CCCC1)NC1CCC(C(=O)N2CCSCC2)CC1.I. The summed E-state index contributed by atoms with van der Waals surface area (Å²) in [6, 6.07) is 0.363. The Morgan fingerprint density at radius 1 is 1.18 bits per heavy atom. The molecule has 2 saturated carbocycles. The highest BCUT2D eigenvalue weighted by Gasteiger charge is 2.32. The minimum absolute atomic E-state index is 0. The first-order valence-electron chi connectivity index (χ1n) is 10.7. The topological polar surface area (TPSA) is 77.0 Å². The van der Waals surface area contributed by atoms with Gasteiger partial charge in [-0.2, -0.15) is 11.8 Å². The van der Waals surface area contributed by atoms with Gasteiger partial charge in [0.25, 0.3) is 0 Å². The molecule has 28 heavy (non-hydrogen) atoms. The molecule has 3 fully saturated rings. The zero-order valence-electron chi connectivity index (χ0n) is 17.1. The van der Waals surface area contributed by atoms with Crippen LogP contribution in [0.1, 0.15) is 58.3 Å². The van der Waals surface area contributed by atoms with Crippen molar-refractivity contribution in [1.29, 1.82) is 0 Å². The van der Waals surface area contributed by atoms with E-state index in [1.54, 1.807) is 0 Å². The number of amides is 1. The summed E-state index contributed by atoms with van der Waals surface area (Å²) in [5, 5.41) is 17.4. The zero-order valence-corrected chi connectivity index (χ0v) is 20.3. The predicted octanol–water partition coefficient (Wildman–Crippen LogP) is 2.60. The van der Waals surface area contributed by atoms with E-state index in [-0.39, 0.29) is 29.9 Å². The van der Waals surface area contributed by atoms with Crippen LogP contribution in [0.3, 0.4) is 0 Å². The Morgan fingerprint density at radius 3 is 2.43 bits per heavy atom. The van der Waals surface area contributed by atoms with E-state index in [0.717, 1.165) is 88.5 Å². The summed E-state index contributed by atoms with van der Waals surface area (Å²) in [5.41, 5.74) is -0.612. The number of thioether (sulfide) groups is 1. The third-order valence-corrected chi connectivity index (χ3v) is 7.09. The third-order valence-electron chi connectivity index (χ3n) is 6.15. The van der Waals surface area contributed by atoms with E-state index in [2.05, 4.69) is 27.4 Å². The van der Waals surface area contributed by atoms with Crippen LogP contribution in [0.5, 0.6) is 0 Å². The Bertz CT molecular complexity index is 514. The molecule has 3 rings (SSSR count). The first kappa shape index (κ1) is 24.1. The fraction of sp³-hybridized carbons (Fsp3) is 0.900. The van der Waals surface area contributed by atoms with E-state index in [4.69, 9.17) is 0 Å². The molecule has 0 aromatic heterocycles. The van der Waals surface area contributed by atoms with E-state index in [0.29, 0.717) is 18.5 Å². The number of aliphatic imine (C=N–C) groups is 1. The van der Waals surface area contributed by atoms with Gasteiger partial charge in [-0.05, 0) is 45.4 Å². The molecular weight excluding hydrogens is 487 g/mol. The van der Waals surface area contributed by atoms with Crippen molar-refractivity contribution < 1.29 is 9.90 Å². The number of carbonyl (C=O) groups is 1. The van der Waals surface area contributed by atoms with Gasteiger partial charge in [-0.15, -0.1) is 24.0 Å². The minimum Gasteiger partial charge on any atom is -0.388 e. The first-order chi connectivity index (χ1) is 13.1. The minimum atomic E-state index is -0.612. The second-order valence-electron chi connectivity index (χ2n) is 8.26. The van der Waals surface area contributed by atoms with Gasteiger partial charge in [0, 0.05) is 43.1 Å². The van der Waals surface area contributed by atoms with Crippen molar-refractivity contribution in [3.05, 3.63) is 0 Å². The van der Waals surface area contributed by atoms with Gasteiger partial charge in [0.15, 0.2) is 5.96 Å².